The Kier molecular flexibility index (Phi) is 5.67. The number of nitrogens with one attached hydrogen (secondary N) is 1. The fourth-order valence-corrected chi connectivity index (χ4v) is 4.59. The van der Waals surface area contributed by atoms with E-state index < -0.39 is 0 Å². The van der Waals surface area contributed by atoms with E-state index in [0.29, 0.717) is 12.1 Å². The molecular formula is C24H31N3O. The molecule has 1 heterocycles. The number of fused-ring (bicyclic) bond motifs is 1. The molecule has 0 bridgehead atoms. The minimum atomic E-state index is 0.0576. The summed E-state index contributed by atoms with van der Waals surface area (Å²) in [5, 5.41) is 3.95. The van der Waals surface area contributed by atoms with Crippen molar-refractivity contribution in [3.63, 3.8) is 0 Å². The SMILES string of the molecule is CN(C)C(=O)c1ccc(N2CCC(NC3CCCc4ccccc43)CC2)cc1. The summed E-state index contributed by atoms with van der Waals surface area (Å²) in [6.07, 6.45) is 6.08. The summed E-state index contributed by atoms with van der Waals surface area (Å²) in [5.41, 5.74) is 5.01. The van der Waals surface area contributed by atoms with Gasteiger partial charge in [-0.2, -0.15) is 0 Å². The molecule has 4 rings (SSSR count). The lowest BCUT2D eigenvalue weighted by Gasteiger charge is -2.37. The fourth-order valence-electron chi connectivity index (χ4n) is 4.59. The van der Waals surface area contributed by atoms with E-state index in [-0.39, 0.29) is 5.91 Å². The van der Waals surface area contributed by atoms with Crippen LogP contribution < -0.4 is 10.2 Å². The van der Waals surface area contributed by atoms with E-state index in [0.717, 1.165) is 31.5 Å². The summed E-state index contributed by atoms with van der Waals surface area (Å²) >= 11 is 0. The molecule has 1 N–H and O–H groups in total. The first-order valence-electron chi connectivity index (χ1n) is 10.5. The lowest BCUT2D eigenvalue weighted by Crippen LogP contribution is -2.44. The lowest BCUT2D eigenvalue weighted by atomic mass is 9.87. The van der Waals surface area contributed by atoms with Gasteiger partial charge in [-0.05, 0) is 67.5 Å². The predicted octanol–water partition coefficient (Wildman–Crippen LogP) is 4.02. The highest BCUT2D eigenvalue weighted by Gasteiger charge is 2.25. The van der Waals surface area contributed by atoms with Crippen molar-refractivity contribution in [1.82, 2.24) is 10.2 Å². The Balaban J connectivity index is 1.33. The van der Waals surface area contributed by atoms with Crippen LogP contribution in [0.15, 0.2) is 48.5 Å². The molecule has 1 aliphatic carbocycles. The Bertz CT molecular complexity index is 807. The fraction of sp³-hybridized carbons (Fsp3) is 0.458. The van der Waals surface area contributed by atoms with E-state index in [4.69, 9.17) is 0 Å². The number of hydrogen-bond donors (Lipinski definition) is 1. The van der Waals surface area contributed by atoms with Gasteiger partial charge in [-0.15, -0.1) is 0 Å². The highest BCUT2D eigenvalue weighted by atomic mass is 16.2. The third-order valence-corrected chi connectivity index (χ3v) is 6.19. The number of carbonyl (C=O) groups excluding carboxylic acids is 1. The zero-order valence-electron chi connectivity index (χ0n) is 17.0. The normalized spacial score (nSPS) is 19.9. The van der Waals surface area contributed by atoms with Gasteiger partial charge in [-0.3, -0.25) is 4.79 Å². The summed E-state index contributed by atoms with van der Waals surface area (Å²) in [5.74, 6) is 0.0576. The van der Waals surface area contributed by atoms with E-state index in [9.17, 15) is 4.79 Å². The molecule has 1 fully saturated rings. The number of rotatable bonds is 4. The van der Waals surface area contributed by atoms with E-state index in [2.05, 4.69) is 46.6 Å². The van der Waals surface area contributed by atoms with Gasteiger partial charge in [0.2, 0.25) is 0 Å². The molecule has 1 amide bonds. The van der Waals surface area contributed by atoms with Crippen molar-refractivity contribution in [2.45, 2.75) is 44.2 Å². The molecule has 1 aliphatic heterocycles. The summed E-state index contributed by atoms with van der Waals surface area (Å²) in [6, 6.07) is 18.1. The summed E-state index contributed by atoms with van der Waals surface area (Å²) < 4.78 is 0. The molecule has 0 spiro atoms. The van der Waals surface area contributed by atoms with Crippen molar-refractivity contribution >= 4 is 11.6 Å². The maximum absolute atomic E-state index is 12.1. The van der Waals surface area contributed by atoms with Crippen molar-refractivity contribution in [3.05, 3.63) is 65.2 Å². The van der Waals surface area contributed by atoms with Crippen LogP contribution in [-0.4, -0.2) is 44.0 Å². The summed E-state index contributed by atoms with van der Waals surface area (Å²) in [4.78, 5) is 16.1. The standard InChI is InChI=1S/C24H31N3O/c1-26(2)24(28)19-10-12-21(13-11-19)27-16-14-20(15-17-27)25-23-9-5-7-18-6-3-4-8-22(18)23/h3-4,6,8,10-13,20,23,25H,5,7,9,14-17H2,1-2H3. The van der Waals surface area contributed by atoms with Gasteiger partial charge in [-0.1, -0.05) is 24.3 Å². The number of carbonyl (C=O) groups is 1. The van der Waals surface area contributed by atoms with Crippen LogP contribution >= 0.6 is 0 Å². The average molecular weight is 378 g/mol. The molecule has 4 heteroatoms. The number of aryl methyl sites for hydroxylation is 1. The van der Waals surface area contributed by atoms with Gasteiger partial charge in [0, 0.05) is 50.5 Å². The molecule has 1 unspecified atom stereocenters. The zero-order chi connectivity index (χ0) is 19.5. The molecular weight excluding hydrogens is 346 g/mol. The maximum atomic E-state index is 12.1. The number of hydrogen-bond acceptors (Lipinski definition) is 3. The second-order valence-electron chi connectivity index (χ2n) is 8.32. The van der Waals surface area contributed by atoms with Gasteiger partial charge in [0.25, 0.3) is 5.91 Å². The van der Waals surface area contributed by atoms with E-state index >= 15 is 0 Å². The van der Waals surface area contributed by atoms with Gasteiger partial charge in [0.05, 0.1) is 0 Å². The number of nitrogens with zero attached hydrogens (tertiary/aromatic N) is 2. The molecule has 1 atom stereocenters. The Hall–Kier alpha value is -2.33. The number of amides is 1. The third-order valence-electron chi connectivity index (χ3n) is 6.19. The second kappa shape index (κ2) is 8.36. The largest absolute Gasteiger partial charge is 0.371 e. The van der Waals surface area contributed by atoms with Crippen molar-refractivity contribution in [1.29, 1.82) is 0 Å². The van der Waals surface area contributed by atoms with E-state index in [1.54, 1.807) is 19.0 Å². The van der Waals surface area contributed by atoms with Crippen LogP contribution in [0.1, 0.15) is 53.2 Å². The molecule has 4 nitrogen and oxygen atoms in total. The maximum Gasteiger partial charge on any atom is 0.253 e. The molecule has 2 aromatic carbocycles. The quantitative estimate of drug-likeness (QED) is 0.874. The molecule has 2 aromatic rings. The first-order chi connectivity index (χ1) is 13.6. The minimum absolute atomic E-state index is 0.0576. The Morgan fingerprint density at radius 3 is 2.43 bits per heavy atom. The molecule has 0 saturated carbocycles. The Morgan fingerprint density at radius 1 is 1.00 bits per heavy atom. The highest BCUT2D eigenvalue weighted by molar-refractivity contribution is 5.94. The van der Waals surface area contributed by atoms with Crippen LogP contribution in [0.25, 0.3) is 0 Å². The van der Waals surface area contributed by atoms with Gasteiger partial charge in [-0.25, -0.2) is 0 Å². The van der Waals surface area contributed by atoms with Gasteiger partial charge >= 0.3 is 0 Å². The Labute approximate surface area is 168 Å². The Morgan fingerprint density at radius 2 is 1.71 bits per heavy atom. The average Bonchev–Trinajstić information content (AvgIpc) is 2.74. The van der Waals surface area contributed by atoms with Gasteiger partial charge < -0.3 is 15.1 Å². The number of anilines is 1. The minimum Gasteiger partial charge on any atom is -0.371 e. The monoisotopic (exact) mass is 377 g/mol. The van der Waals surface area contributed by atoms with Gasteiger partial charge in [0.15, 0.2) is 0 Å². The second-order valence-corrected chi connectivity index (χ2v) is 8.32. The first kappa shape index (κ1) is 19.0. The van der Waals surface area contributed by atoms with Crippen LogP contribution in [0.2, 0.25) is 0 Å². The first-order valence-corrected chi connectivity index (χ1v) is 10.5. The molecule has 28 heavy (non-hydrogen) atoms. The van der Waals surface area contributed by atoms with E-state index in [1.165, 1.54) is 36.1 Å². The molecule has 1 saturated heterocycles. The third kappa shape index (κ3) is 4.07. The van der Waals surface area contributed by atoms with Crippen LogP contribution in [0.4, 0.5) is 5.69 Å². The van der Waals surface area contributed by atoms with Crippen molar-refractivity contribution in [2.24, 2.45) is 0 Å². The van der Waals surface area contributed by atoms with Crippen LogP contribution in [0.5, 0.6) is 0 Å². The zero-order valence-corrected chi connectivity index (χ0v) is 17.0. The smallest absolute Gasteiger partial charge is 0.253 e. The van der Waals surface area contributed by atoms with Crippen molar-refractivity contribution in [3.8, 4) is 0 Å². The highest BCUT2D eigenvalue weighted by Crippen LogP contribution is 2.31. The predicted molar refractivity (Wildman–Crippen MR) is 115 cm³/mol. The lowest BCUT2D eigenvalue weighted by molar-refractivity contribution is 0.0827. The number of piperidine rings is 1. The summed E-state index contributed by atoms with van der Waals surface area (Å²) in [6.45, 7) is 2.13. The molecule has 148 valence electrons. The van der Waals surface area contributed by atoms with Crippen molar-refractivity contribution < 1.29 is 4.79 Å². The van der Waals surface area contributed by atoms with Crippen molar-refractivity contribution in [2.75, 3.05) is 32.1 Å². The number of benzene rings is 2. The van der Waals surface area contributed by atoms with E-state index in [1.807, 2.05) is 12.1 Å². The van der Waals surface area contributed by atoms with Crippen LogP contribution in [-0.2, 0) is 6.42 Å². The van der Waals surface area contributed by atoms with Gasteiger partial charge in [0.1, 0.15) is 0 Å². The molecule has 2 aliphatic rings. The molecule has 0 radical (unpaired) electrons. The topological polar surface area (TPSA) is 35.6 Å². The van der Waals surface area contributed by atoms with Crippen LogP contribution in [0, 0.1) is 0 Å². The summed E-state index contributed by atoms with van der Waals surface area (Å²) in [7, 11) is 3.58. The molecule has 0 aromatic heterocycles. The van der Waals surface area contributed by atoms with Crippen LogP contribution in [0.3, 0.4) is 0 Å².